The average molecular weight is 372 g/mol. The zero-order chi connectivity index (χ0) is 18.6. The summed E-state index contributed by atoms with van der Waals surface area (Å²) in [4.78, 5) is 9.36. The van der Waals surface area contributed by atoms with Crippen molar-refractivity contribution in [3.8, 4) is 0 Å². The lowest BCUT2D eigenvalue weighted by Crippen LogP contribution is -2.12. The van der Waals surface area contributed by atoms with Crippen LogP contribution in [0.25, 0.3) is 11.0 Å². The van der Waals surface area contributed by atoms with Gasteiger partial charge in [0.25, 0.3) is 0 Å². The summed E-state index contributed by atoms with van der Waals surface area (Å²) in [6.45, 7) is 4.83. The second-order valence-electron chi connectivity index (χ2n) is 6.59. The van der Waals surface area contributed by atoms with Crippen LogP contribution < -0.4 is 0 Å². The molecule has 5 nitrogen and oxygen atoms in total. The van der Waals surface area contributed by atoms with Crippen LogP contribution in [0.2, 0.25) is 0 Å². The highest BCUT2D eigenvalue weighted by Gasteiger charge is 2.16. The van der Waals surface area contributed by atoms with Gasteiger partial charge in [0.2, 0.25) is 0 Å². The van der Waals surface area contributed by atoms with Gasteiger partial charge in [0.1, 0.15) is 11.3 Å². The van der Waals surface area contributed by atoms with E-state index in [-0.39, 0.29) is 5.75 Å². The summed E-state index contributed by atoms with van der Waals surface area (Å²) in [5.74, 6) is 1.16. The lowest BCUT2D eigenvalue weighted by Gasteiger charge is -2.11. The van der Waals surface area contributed by atoms with Gasteiger partial charge in [-0.15, -0.1) is 0 Å². The molecular weight excluding hydrogens is 346 g/mol. The average Bonchev–Trinajstić information content (AvgIpc) is 2.99. The van der Waals surface area contributed by atoms with E-state index >= 15 is 0 Å². The molecule has 3 rings (SSSR count). The van der Waals surface area contributed by atoms with Gasteiger partial charge < -0.3 is 4.57 Å². The van der Waals surface area contributed by atoms with Gasteiger partial charge in [0.05, 0.1) is 22.4 Å². The van der Waals surface area contributed by atoms with E-state index in [1.165, 1.54) is 0 Å². The van der Waals surface area contributed by atoms with Crippen molar-refractivity contribution < 1.29 is 8.42 Å². The quantitative estimate of drug-likeness (QED) is 0.601. The summed E-state index contributed by atoms with van der Waals surface area (Å²) < 4.78 is 27.2. The normalized spacial score (nSPS) is 11.9. The van der Waals surface area contributed by atoms with Gasteiger partial charge in [-0.3, -0.25) is 4.98 Å². The Labute approximate surface area is 155 Å². The number of benzene rings is 1. The van der Waals surface area contributed by atoms with Crippen LogP contribution in [0.3, 0.4) is 0 Å². The lowest BCUT2D eigenvalue weighted by atomic mass is 10.2. The van der Waals surface area contributed by atoms with E-state index in [0.717, 1.165) is 41.7 Å². The number of sulfone groups is 1. The predicted octanol–water partition coefficient (Wildman–Crippen LogP) is 3.95. The second-order valence-corrected chi connectivity index (χ2v) is 8.70. The summed E-state index contributed by atoms with van der Waals surface area (Å²) in [6, 6.07) is 8.66. The number of imidazole rings is 1. The van der Waals surface area contributed by atoms with E-state index in [2.05, 4.69) is 16.5 Å². The fraction of sp³-hybridized carbons (Fsp3) is 0.400. The third kappa shape index (κ3) is 3.96. The highest BCUT2D eigenvalue weighted by Crippen LogP contribution is 2.21. The Morgan fingerprint density at radius 3 is 2.58 bits per heavy atom. The van der Waals surface area contributed by atoms with Gasteiger partial charge in [-0.25, -0.2) is 13.4 Å². The van der Waals surface area contributed by atoms with Crippen LogP contribution in [-0.4, -0.2) is 28.7 Å². The topological polar surface area (TPSA) is 64.8 Å². The molecule has 26 heavy (non-hydrogen) atoms. The Hall–Kier alpha value is -2.21. The third-order valence-corrected chi connectivity index (χ3v) is 6.38. The molecule has 0 amide bonds. The number of aryl methyl sites for hydroxylation is 3. The molecule has 0 aliphatic heterocycles. The van der Waals surface area contributed by atoms with Gasteiger partial charge >= 0.3 is 0 Å². The number of fused-ring (bicyclic) bond motifs is 1. The molecule has 0 atom stereocenters. The summed E-state index contributed by atoms with van der Waals surface area (Å²) in [5.41, 5.74) is 3.04. The number of pyridine rings is 1. The molecule has 0 aliphatic rings. The highest BCUT2D eigenvalue weighted by atomic mass is 32.2. The smallest absolute Gasteiger partial charge is 0.178 e. The molecule has 0 fully saturated rings. The maximum absolute atomic E-state index is 12.5. The molecule has 0 unspecified atom stereocenters. The van der Waals surface area contributed by atoms with Gasteiger partial charge in [-0.05, 0) is 37.5 Å². The fourth-order valence-corrected chi connectivity index (χ4v) is 4.55. The Morgan fingerprint density at radius 1 is 1.08 bits per heavy atom. The van der Waals surface area contributed by atoms with E-state index < -0.39 is 9.84 Å². The number of hydrogen-bond donors (Lipinski definition) is 0. The van der Waals surface area contributed by atoms with Crippen LogP contribution in [0.4, 0.5) is 0 Å². The van der Waals surface area contributed by atoms with Crippen molar-refractivity contribution in [2.45, 2.75) is 51.0 Å². The largest absolute Gasteiger partial charge is 0.328 e. The van der Waals surface area contributed by atoms with Crippen molar-refractivity contribution in [3.05, 3.63) is 54.1 Å². The molecule has 3 aromatic rings. The molecule has 138 valence electrons. The molecule has 2 aromatic heterocycles. The predicted molar refractivity (Wildman–Crippen MR) is 104 cm³/mol. The first-order chi connectivity index (χ1) is 12.5. The highest BCUT2D eigenvalue weighted by molar-refractivity contribution is 7.91. The minimum absolute atomic E-state index is 0.133. The monoisotopic (exact) mass is 371 g/mol. The molecule has 1 aromatic carbocycles. The number of rotatable bonds is 8. The van der Waals surface area contributed by atoms with Gasteiger partial charge in [0, 0.05) is 19.2 Å². The molecule has 6 heteroatoms. The van der Waals surface area contributed by atoms with Gasteiger partial charge in [-0.1, -0.05) is 31.5 Å². The lowest BCUT2D eigenvalue weighted by molar-refractivity contribution is 0.583. The van der Waals surface area contributed by atoms with Crippen molar-refractivity contribution in [1.82, 2.24) is 14.5 Å². The number of nitrogens with zero attached hydrogens (tertiary/aromatic N) is 3. The molecule has 2 heterocycles. The first-order valence-electron chi connectivity index (χ1n) is 9.10. The molecule has 0 saturated heterocycles. The number of unbranched alkanes of at least 4 members (excludes halogenated alkanes) is 1. The zero-order valence-electron chi connectivity index (χ0n) is 15.4. The standard InChI is InChI=1S/C20H25N3O2S/c1-3-4-11-19-22-18-15-21-14-16(2)20(18)23(19)12-8-13-26(24,25)17-9-6-5-7-10-17/h5-7,9-10,14-15H,3-4,8,11-13H2,1-2H3. The second kappa shape index (κ2) is 7.99. The van der Waals surface area contributed by atoms with Gasteiger partial charge in [-0.2, -0.15) is 0 Å². The van der Waals surface area contributed by atoms with Crippen LogP contribution in [0, 0.1) is 6.92 Å². The van der Waals surface area contributed by atoms with Crippen LogP contribution in [0.5, 0.6) is 0 Å². The van der Waals surface area contributed by atoms with Crippen molar-refractivity contribution in [1.29, 1.82) is 0 Å². The van der Waals surface area contributed by atoms with Crippen LogP contribution in [0.1, 0.15) is 37.6 Å². The van der Waals surface area contributed by atoms with Gasteiger partial charge in [0.15, 0.2) is 9.84 Å². The van der Waals surface area contributed by atoms with Crippen molar-refractivity contribution in [3.63, 3.8) is 0 Å². The minimum atomic E-state index is -3.25. The molecule has 0 saturated carbocycles. The van der Waals surface area contributed by atoms with Crippen molar-refractivity contribution in [2.24, 2.45) is 0 Å². The molecule has 0 spiro atoms. The first-order valence-corrected chi connectivity index (χ1v) is 10.8. The minimum Gasteiger partial charge on any atom is -0.328 e. The summed E-state index contributed by atoms with van der Waals surface area (Å²) in [7, 11) is -3.25. The molecule has 0 bridgehead atoms. The Bertz CT molecular complexity index is 979. The third-order valence-electron chi connectivity index (χ3n) is 4.56. The van der Waals surface area contributed by atoms with E-state index in [4.69, 9.17) is 4.98 Å². The molecular formula is C20H25N3O2S. The van der Waals surface area contributed by atoms with Crippen molar-refractivity contribution in [2.75, 3.05) is 5.75 Å². The fourth-order valence-electron chi connectivity index (χ4n) is 3.23. The molecule has 0 N–H and O–H groups in total. The zero-order valence-corrected chi connectivity index (χ0v) is 16.2. The maximum Gasteiger partial charge on any atom is 0.178 e. The number of aromatic nitrogens is 3. The number of hydrogen-bond acceptors (Lipinski definition) is 4. The maximum atomic E-state index is 12.5. The first kappa shape index (κ1) is 18.6. The van der Waals surface area contributed by atoms with E-state index in [1.54, 1.807) is 30.5 Å². The van der Waals surface area contributed by atoms with Crippen LogP contribution in [-0.2, 0) is 22.8 Å². The Kier molecular flexibility index (Phi) is 5.71. The summed E-state index contributed by atoms with van der Waals surface area (Å²) in [6.07, 6.45) is 7.25. The molecule has 0 aliphatic carbocycles. The van der Waals surface area contributed by atoms with E-state index in [1.807, 2.05) is 19.2 Å². The summed E-state index contributed by atoms with van der Waals surface area (Å²) in [5, 5.41) is 0. The van der Waals surface area contributed by atoms with Crippen LogP contribution in [0.15, 0.2) is 47.6 Å². The van der Waals surface area contributed by atoms with E-state index in [9.17, 15) is 8.42 Å². The summed E-state index contributed by atoms with van der Waals surface area (Å²) >= 11 is 0. The van der Waals surface area contributed by atoms with Crippen molar-refractivity contribution >= 4 is 20.9 Å². The molecule has 0 radical (unpaired) electrons. The van der Waals surface area contributed by atoms with Crippen LogP contribution >= 0.6 is 0 Å². The van der Waals surface area contributed by atoms with E-state index in [0.29, 0.717) is 17.9 Å². The SMILES string of the molecule is CCCCc1nc2cncc(C)c2n1CCCS(=O)(=O)c1ccccc1. The Morgan fingerprint density at radius 2 is 1.85 bits per heavy atom. The Balaban J connectivity index is 1.82.